The molecule has 0 radical (unpaired) electrons. The van der Waals surface area contributed by atoms with Crippen LogP contribution in [0.2, 0.25) is 0 Å². The highest BCUT2D eigenvalue weighted by atomic mass is 16.3. The molecular weight excluding hydrogens is 254 g/mol. The second-order valence-electron chi connectivity index (χ2n) is 4.23. The van der Waals surface area contributed by atoms with E-state index >= 15 is 0 Å². The summed E-state index contributed by atoms with van der Waals surface area (Å²) >= 11 is 0. The number of hydrogen-bond donors (Lipinski definition) is 3. The van der Waals surface area contributed by atoms with E-state index in [9.17, 15) is 5.11 Å². The first-order chi connectivity index (χ1) is 9.58. The molecule has 3 N–H and O–H groups in total. The van der Waals surface area contributed by atoms with Gasteiger partial charge in [-0.05, 0) is 12.1 Å². The fourth-order valence-electron chi connectivity index (χ4n) is 1.67. The summed E-state index contributed by atoms with van der Waals surface area (Å²) in [6, 6.07) is 5.29. The molecule has 5 nitrogen and oxygen atoms in total. The Morgan fingerprint density at radius 3 is 2.65 bits per heavy atom. The summed E-state index contributed by atoms with van der Waals surface area (Å²) in [6.45, 7) is 7.28. The van der Waals surface area contributed by atoms with Crippen molar-refractivity contribution in [2.75, 3.05) is 6.54 Å². The fourth-order valence-corrected chi connectivity index (χ4v) is 1.67. The van der Waals surface area contributed by atoms with Crippen LogP contribution in [0.3, 0.4) is 0 Å². The van der Waals surface area contributed by atoms with Gasteiger partial charge in [-0.25, -0.2) is 0 Å². The molecule has 0 aliphatic heterocycles. The molecule has 0 saturated carbocycles. The lowest BCUT2D eigenvalue weighted by Gasteiger charge is -2.11. The van der Waals surface area contributed by atoms with E-state index in [0.29, 0.717) is 11.4 Å². The number of aromatic nitrogens is 2. The van der Waals surface area contributed by atoms with Gasteiger partial charge in [-0.2, -0.15) is 0 Å². The molecule has 0 aliphatic rings. The number of aliphatic hydroxyl groups excluding tert-OH is 1. The molecule has 0 amide bonds. The van der Waals surface area contributed by atoms with E-state index < -0.39 is 0 Å². The van der Waals surface area contributed by atoms with E-state index in [4.69, 9.17) is 5.11 Å². The lowest BCUT2D eigenvalue weighted by Crippen LogP contribution is -2.15. The number of rotatable bonds is 5. The molecule has 0 unspecified atom stereocenters. The van der Waals surface area contributed by atoms with Crippen LogP contribution in [0.5, 0.6) is 5.75 Å². The third kappa shape index (κ3) is 3.14. The topological polar surface area (TPSA) is 78.3 Å². The van der Waals surface area contributed by atoms with Gasteiger partial charge in [0.1, 0.15) is 17.2 Å². The molecule has 2 aromatic rings. The van der Waals surface area contributed by atoms with Crippen LogP contribution in [0.15, 0.2) is 55.7 Å². The van der Waals surface area contributed by atoms with Gasteiger partial charge in [-0.15, -0.1) is 0 Å². The maximum absolute atomic E-state index is 10.0. The minimum atomic E-state index is -0.0161. The van der Waals surface area contributed by atoms with Gasteiger partial charge in [-0.1, -0.05) is 19.2 Å². The SMILES string of the molecule is C=C(O)CNC(=C)c1ncc(-c2cccnc2)cc1O. The quantitative estimate of drug-likeness (QED) is 0.727. The van der Waals surface area contributed by atoms with Crippen molar-refractivity contribution >= 4 is 5.70 Å². The van der Waals surface area contributed by atoms with Crippen molar-refractivity contribution in [1.29, 1.82) is 0 Å². The zero-order chi connectivity index (χ0) is 14.5. The van der Waals surface area contributed by atoms with Gasteiger partial charge in [0.25, 0.3) is 0 Å². The fraction of sp³-hybridized carbons (Fsp3) is 0.0667. The van der Waals surface area contributed by atoms with Gasteiger partial charge < -0.3 is 15.5 Å². The largest absolute Gasteiger partial charge is 0.511 e. The maximum atomic E-state index is 10.0. The summed E-state index contributed by atoms with van der Waals surface area (Å²) in [4.78, 5) is 8.20. The van der Waals surface area contributed by atoms with E-state index in [2.05, 4.69) is 28.4 Å². The Morgan fingerprint density at radius 2 is 2.05 bits per heavy atom. The summed E-state index contributed by atoms with van der Waals surface area (Å²) in [5.74, 6) is -0.00924. The van der Waals surface area contributed by atoms with E-state index in [-0.39, 0.29) is 18.1 Å². The molecule has 102 valence electrons. The monoisotopic (exact) mass is 269 g/mol. The Kier molecular flexibility index (Phi) is 4.00. The molecule has 0 bridgehead atoms. The Balaban J connectivity index is 2.22. The van der Waals surface area contributed by atoms with Crippen LogP contribution in [-0.2, 0) is 0 Å². The molecule has 0 aliphatic carbocycles. The summed E-state index contributed by atoms with van der Waals surface area (Å²) in [7, 11) is 0. The van der Waals surface area contributed by atoms with Crippen molar-refractivity contribution in [1.82, 2.24) is 15.3 Å². The Hall–Kier alpha value is -2.82. The van der Waals surface area contributed by atoms with E-state index in [0.717, 1.165) is 11.1 Å². The van der Waals surface area contributed by atoms with Crippen molar-refractivity contribution in [3.05, 3.63) is 61.4 Å². The van der Waals surface area contributed by atoms with Gasteiger partial charge in [0.05, 0.1) is 12.2 Å². The van der Waals surface area contributed by atoms with Crippen LogP contribution in [0.1, 0.15) is 5.69 Å². The molecule has 0 atom stereocenters. The van der Waals surface area contributed by atoms with E-state index in [1.54, 1.807) is 24.7 Å². The molecule has 5 heteroatoms. The van der Waals surface area contributed by atoms with Crippen molar-refractivity contribution in [3.8, 4) is 16.9 Å². The second-order valence-corrected chi connectivity index (χ2v) is 4.23. The molecule has 2 rings (SSSR count). The van der Waals surface area contributed by atoms with E-state index in [1.807, 2.05) is 12.1 Å². The van der Waals surface area contributed by atoms with Gasteiger partial charge in [0, 0.05) is 29.7 Å². The molecule has 0 saturated heterocycles. The van der Waals surface area contributed by atoms with Gasteiger partial charge >= 0.3 is 0 Å². The third-order valence-corrected chi connectivity index (χ3v) is 2.65. The minimum Gasteiger partial charge on any atom is -0.511 e. The minimum absolute atomic E-state index is 0.00686. The van der Waals surface area contributed by atoms with Crippen LogP contribution in [0.4, 0.5) is 0 Å². The molecule has 2 heterocycles. The number of nitrogens with one attached hydrogen (secondary N) is 1. The van der Waals surface area contributed by atoms with Crippen LogP contribution in [0, 0.1) is 0 Å². The number of pyridine rings is 2. The lowest BCUT2D eigenvalue weighted by atomic mass is 10.1. The summed E-state index contributed by atoms with van der Waals surface area (Å²) in [6.07, 6.45) is 5.00. The normalized spacial score (nSPS) is 10.0. The highest BCUT2D eigenvalue weighted by Crippen LogP contribution is 2.26. The zero-order valence-corrected chi connectivity index (χ0v) is 10.9. The van der Waals surface area contributed by atoms with Crippen molar-refractivity contribution in [2.24, 2.45) is 0 Å². The molecule has 2 aromatic heterocycles. The van der Waals surface area contributed by atoms with Crippen molar-refractivity contribution in [3.63, 3.8) is 0 Å². The smallest absolute Gasteiger partial charge is 0.143 e. The maximum Gasteiger partial charge on any atom is 0.143 e. The second kappa shape index (κ2) is 5.88. The lowest BCUT2D eigenvalue weighted by molar-refractivity contribution is 0.399. The van der Waals surface area contributed by atoms with Gasteiger partial charge in [0.15, 0.2) is 0 Å². The summed E-state index contributed by atoms with van der Waals surface area (Å²) in [5, 5.41) is 21.9. The van der Waals surface area contributed by atoms with Crippen molar-refractivity contribution < 1.29 is 10.2 Å². The zero-order valence-electron chi connectivity index (χ0n) is 10.9. The predicted molar refractivity (Wildman–Crippen MR) is 77.9 cm³/mol. The average molecular weight is 269 g/mol. The highest BCUT2D eigenvalue weighted by molar-refractivity contribution is 5.69. The number of nitrogens with zero attached hydrogens (tertiary/aromatic N) is 2. The summed E-state index contributed by atoms with van der Waals surface area (Å²) < 4.78 is 0. The molecule has 0 fully saturated rings. The average Bonchev–Trinajstić information content (AvgIpc) is 2.45. The summed E-state index contributed by atoms with van der Waals surface area (Å²) in [5.41, 5.74) is 2.37. The standard InChI is InChI=1S/C15H15N3O2/c1-10(19)7-17-11(2)15-14(20)6-13(9-18-15)12-4-3-5-16-8-12/h3-6,8-9,17,19-20H,1-2,7H2. The number of aromatic hydroxyl groups is 1. The number of aliphatic hydroxyl groups is 1. The molecule has 0 aromatic carbocycles. The number of hydrogen-bond acceptors (Lipinski definition) is 5. The van der Waals surface area contributed by atoms with Gasteiger partial charge in [0.2, 0.25) is 0 Å². The molecule has 20 heavy (non-hydrogen) atoms. The van der Waals surface area contributed by atoms with Crippen molar-refractivity contribution in [2.45, 2.75) is 0 Å². The van der Waals surface area contributed by atoms with Crippen LogP contribution in [-0.4, -0.2) is 26.7 Å². The first kappa shape index (κ1) is 13.6. The molecule has 0 spiro atoms. The third-order valence-electron chi connectivity index (χ3n) is 2.65. The van der Waals surface area contributed by atoms with Gasteiger partial charge in [-0.3, -0.25) is 9.97 Å². The first-order valence-corrected chi connectivity index (χ1v) is 5.97. The predicted octanol–water partition coefficient (Wildman–Crippen LogP) is 2.48. The Morgan fingerprint density at radius 1 is 1.25 bits per heavy atom. The molecular formula is C15H15N3O2. The van der Waals surface area contributed by atoms with Crippen LogP contribution in [0.25, 0.3) is 16.8 Å². The highest BCUT2D eigenvalue weighted by Gasteiger charge is 2.09. The van der Waals surface area contributed by atoms with E-state index in [1.165, 1.54) is 0 Å². The Labute approximate surface area is 117 Å². The Bertz CT molecular complexity index is 639. The van der Waals surface area contributed by atoms with Crippen LogP contribution >= 0.6 is 0 Å². The van der Waals surface area contributed by atoms with Crippen LogP contribution < -0.4 is 5.32 Å². The first-order valence-electron chi connectivity index (χ1n) is 5.97.